The number of nitrogens with one attached hydrogen (secondary N) is 1. The molecule has 0 bridgehead atoms. The minimum absolute atomic E-state index is 0.0801. The largest absolute Gasteiger partial charge is 0.360 e. The maximum absolute atomic E-state index is 13.5. The van der Waals surface area contributed by atoms with Crippen molar-refractivity contribution in [1.29, 1.82) is 0 Å². The number of fused-ring (bicyclic) bond motifs is 1. The number of nitrogens with zero attached hydrogens (tertiary/aromatic N) is 3. The van der Waals surface area contributed by atoms with Gasteiger partial charge in [0.15, 0.2) is 0 Å². The summed E-state index contributed by atoms with van der Waals surface area (Å²) in [6.45, 7) is 1.91. The number of hydrogen-bond acceptors (Lipinski definition) is 3. The van der Waals surface area contributed by atoms with E-state index in [0.29, 0.717) is 10.7 Å². The van der Waals surface area contributed by atoms with Crippen LogP contribution in [0.1, 0.15) is 27.8 Å². The van der Waals surface area contributed by atoms with Crippen LogP contribution in [0.3, 0.4) is 0 Å². The van der Waals surface area contributed by atoms with Crippen LogP contribution in [0, 0.1) is 6.92 Å². The number of aryl methyl sites for hydroxylation is 1. The summed E-state index contributed by atoms with van der Waals surface area (Å²) in [5.74, 6) is -0.0801. The van der Waals surface area contributed by atoms with E-state index in [-0.39, 0.29) is 5.91 Å². The van der Waals surface area contributed by atoms with Gasteiger partial charge in [-0.3, -0.25) is 9.69 Å². The molecule has 1 aromatic heterocycles. The van der Waals surface area contributed by atoms with E-state index in [1.165, 1.54) is 0 Å². The summed E-state index contributed by atoms with van der Waals surface area (Å²) in [6, 6.07) is 26.9. The zero-order valence-electron chi connectivity index (χ0n) is 16.3. The molecule has 5 rings (SSSR count). The molecule has 0 saturated heterocycles. The summed E-state index contributed by atoms with van der Waals surface area (Å²) < 4.78 is 1.71. The Hall–Kier alpha value is -3.57. The number of aromatic nitrogens is 2. The summed E-state index contributed by atoms with van der Waals surface area (Å²) in [7, 11) is 0. The van der Waals surface area contributed by atoms with Gasteiger partial charge in [0.2, 0.25) is 0 Å². The van der Waals surface area contributed by atoms with E-state index in [9.17, 15) is 4.79 Å². The van der Waals surface area contributed by atoms with Crippen LogP contribution >= 0.6 is 11.6 Å². The summed E-state index contributed by atoms with van der Waals surface area (Å²) in [6.07, 6.45) is -0.486. The van der Waals surface area contributed by atoms with Gasteiger partial charge in [0.1, 0.15) is 11.3 Å². The minimum Gasteiger partial charge on any atom is -0.360 e. The summed E-state index contributed by atoms with van der Waals surface area (Å²) in [5, 5.41) is 8.65. The minimum atomic E-state index is -0.486. The molecule has 148 valence electrons. The number of benzene rings is 3. The Balaban J connectivity index is 1.69. The SMILES string of the molecule is Cc1nn(-c2ccccc2)c(Cl)c1[C@@H]1Nc2ccccc2C(=O)N1c1ccccc1. The quantitative estimate of drug-likeness (QED) is 0.474. The van der Waals surface area contributed by atoms with Gasteiger partial charge in [0, 0.05) is 11.4 Å². The molecule has 1 atom stereocenters. The third kappa shape index (κ3) is 2.95. The first kappa shape index (κ1) is 18.5. The molecule has 1 amide bonds. The molecule has 4 aromatic rings. The monoisotopic (exact) mass is 414 g/mol. The lowest BCUT2D eigenvalue weighted by Crippen LogP contribution is -2.43. The van der Waals surface area contributed by atoms with Crippen LogP contribution < -0.4 is 10.2 Å². The third-order valence-electron chi connectivity index (χ3n) is 5.28. The fourth-order valence-corrected chi connectivity index (χ4v) is 4.25. The second kappa shape index (κ2) is 7.35. The van der Waals surface area contributed by atoms with Gasteiger partial charge in [0.05, 0.1) is 22.5 Å². The maximum Gasteiger partial charge on any atom is 0.262 e. The topological polar surface area (TPSA) is 50.2 Å². The molecule has 1 aliphatic heterocycles. The molecule has 0 aliphatic carbocycles. The Morgan fingerprint density at radius 2 is 1.47 bits per heavy atom. The highest BCUT2D eigenvalue weighted by Gasteiger charge is 2.37. The van der Waals surface area contributed by atoms with Crippen molar-refractivity contribution in [1.82, 2.24) is 9.78 Å². The van der Waals surface area contributed by atoms with Gasteiger partial charge in [-0.2, -0.15) is 5.10 Å². The third-order valence-corrected chi connectivity index (χ3v) is 5.65. The Kier molecular flexibility index (Phi) is 4.52. The van der Waals surface area contributed by atoms with Crippen LogP contribution in [0.4, 0.5) is 11.4 Å². The predicted octanol–water partition coefficient (Wildman–Crippen LogP) is 5.61. The molecule has 3 aromatic carbocycles. The molecule has 30 heavy (non-hydrogen) atoms. The van der Waals surface area contributed by atoms with E-state index in [0.717, 1.165) is 28.3 Å². The molecule has 2 heterocycles. The number of para-hydroxylation sites is 3. The summed E-state index contributed by atoms with van der Waals surface area (Å²) >= 11 is 6.85. The van der Waals surface area contributed by atoms with Crippen LogP contribution in [-0.2, 0) is 0 Å². The highest BCUT2D eigenvalue weighted by molar-refractivity contribution is 6.31. The van der Waals surface area contributed by atoms with Crippen LogP contribution in [-0.4, -0.2) is 15.7 Å². The standard InChI is InChI=1S/C24H19ClN4O/c1-16-21(22(25)29(27-16)18-12-6-3-7-13-18)23-26-20-15-9-8-14-19(20)24(30)28(23)17-10-4-2-5-11-17/h2-15,23,26H,1H3/t23-/m1/s1. The molecule has 5 nitrogen and oxygen atoms in total. The van der Waals surface area contributed by atoms with Crippen molar-refractivity contribution >= 4 is 28.9 Å². The van der Waals surface area contributed by atoms with E-state index < -0.39 is 6.17 Å². The normalized spacial score (nSPS) is 15.6. The fraction of sp³-hybridized carbons (Fsp3) is 0.0833. The van der Waals surface area contributed by atoms with E-state index >= 15 is 0 Å². The number of hydrogen-bond donors (Lipinski definition) is 1. The number of halogens is 1. The molecule has 1 N–H and O–H groups in total. The molecule has 6 heteroatoms. The number of amides is 1. The van der Waals surface area contributed by atoms with Gasteiger partial charge in [-0.25, -0.2) is 4.68 Å². The first-order valence-corrected chi connectivity index (χ1v) is 10.1. The van der Waals surface area contributed by atoms with Crippen molar-refractivity contribution in [3.05, 3.63) is 107 Å². The summed E-state index contributed by atoms with van der Waals surface area (Å²) in [4.78, 5) is 15.3. The Morgan fingerprint density at radius 3 is 2.17 bits per heavy atom. The Bertz CT molecular complexity index is 1220. The van der Waals surface area contributed by atoms with Gasteiger partial charge in [-0.05, 0) is 43.3 Å². The van der Waals surface area contributed by atoms with Crippen LogP contribution in [0.25, 0.3) is 5.69 Å². The van der Waals surface area contributed by atoms with Crippen molar-refractivity contribution in [2.75, 3.05) is 10.2 Å². The van der Waals surface area contributed by atoms with Gasteiger partial charge < -0.3 is 5.32 Å². The summed E-state index contributed by atoms with van der Waals surface area (Å²) in [5.41, 5.74) is 4.59. The van der Waals surface area contributed by atoms with Crippen molar-refractivity contribution in [3.8, 4) is 5.69 Å². The highest BCUT2D eigenvalue weighted by Crippen LogP contribution is 2.40. The molecule has 1 aliphatic rings. The fourth-order valence-electron chi connectivity index (χ4n) is 3.87. The van der Waals surface area contributed by atoms with Crippen LogP contribution in [0.15, 0.2) is 84.9 Å². The number of anilines is 2. The lowest BCUT2D eigenvalue weighted by atomic mass is 10.0. The lowest BCUT2D eigenvalue weighted by molar-refractivity contribution is 0.0975. The average molecular weight is 415 g/mol. The van der Waals surface area contributed by atoms with E-state index in [4.69, 9.17) is 11.6 Å². The molecule has 0 spiro atoms. The second-order valence-electron chi connectivity index (χ2n) is 7.14. The van der Waals surface area contributed by atoms with Crippen LogP contribution in [0.2, 0.25) is 5.15 Å². The van der Waals surface area contributed by atoms with E-state index in [2.05, 4.69) is 10.4 Å². The maximum atomic E-state index is 13.5. The molecule has 0 radical (unpaired) electrons. The molecule has 0 fully saturated rings. The second-order valence-corrected chi connectivity index (χ2v) is 7.50. The Labute approximate surface area is 179 Å². The highest BCUT2D eigenvalue weighted by atomic mass is 35.5. The van der Waals surface area contributed by atoms with E-state index in [1.807, 2.05) is 91.9 Å². The van der Waals surface area contributed by atoms with Crippen LogP contribution in [0.5, 0.6) is 0 Å². The average Bonchev–Trinajstić information content (AvgIpc) is 3.08. The van der Waals surface area contributed by atoms with E-state index in [1.54, 1.807) is 9.58 Å². The van der Waals surface area contributed by atoms with Gasteiger partial charge in [-0.1, -0.05) is 60.1 Å². The molecular formula is C24H19ClN4O. The van der Waals surface area contributed by atoms with Gasteiger partial charge in [0.25, 0.3) is 5.91 Å². The zero-order valence-corrected chi connectivity index (χ0v) is 17.0. The first-order chi connectivity index (χ1) is 14.6. The Morgan fingerprint density at radius 1 is 0.867 bits per heavy atom. The zero-order chi connectivity index (χ0) is 20.7. The molecule has 0 saturated carbocycles. The number of carbonyl (C=O) groups excluding carboxylic acids is 1. The van der Waals surface area contributed by atoms with Crippen molar-refractivity contribution in [2.45, 2.75) is 13.1 Å². The smallest absolute Gasteiger partial charge is 0.262 e. The van der Waals surface area contributed by atoms with Crippen molar-refractivity contribution in [2.24, 2.45) is 0 Å². The van der Waals surface area contributed by atoms with Gasteiger partial charge in [-0.15, -0.1) is 0 Å². The van der Waals surface area contributed by atoms with Gasteiger partial charge >= 0.3 is 0 Å². The number of rotatable bonds is 3. The van der Waals surface area contributed by atoms with Crippen molar-refractivity contribution < 1.29 is 4.79 Å². The predicted molar refractivity (Wildman–Crippen MR) is 119 cm³/mol. The number of carbonyl (C=O) groups is 1. The molecule has 0 unspecified atom stereocenters. The van der Waals surface area contributed by atoms with Crippen molar-refractivity contribution in [3.63, 3.8) is 0 Å². The molecular weight excluding hydrogens is 396 g/mol. The first-order valence-electron chi connectivity index (χ1n) is 9.70. The lowest BCUT2D eigenvalue weighted by Gasteiger charge is -2.38.